The first-order valence-electron chi connectivity index (χ1n) is 29.7. The van der Waals surface area contributed by atoms with Gasteiger partial charge < -0.3 is 14.2 Å². The number of esters is 3. The number of rotatable bonds is 52. The minimum atomic E-state index is -0.830. The molecule has 6 nitrogen and oxygen atoms in total. The number of hydrogen-bond donors (Lipinski definition) is 0. The van der Waals surface area contributed by atoms with Crippen LogP contribution in [0.1, 0.15) is 252 Å². The van der Waals surface area contributed by atoms with Gasteiger partial charge in [-0.2, -0.15) is 0 Å². The Hall–Kier alpha value is -4.45. The van der Waals surface area contributed by atoms with Crippen molar-refractivity contribution < 1.29 is 28.6 Å². The Labute approximate surface area is 449 Å². The zero-order chi connectivity index (χ0) is 52.9. The zero-order valence-electron chi connectivity index (χ0n) is 47.1. The van der Waals surface area contributed by atoms with Gasteiger partial charge in [0.05, 0.1) is 0 Å². The molecule has 0 aliphatic carbocycles. The van der Waals surface area contributed by atoms with Gasteiger partial charge in [0, 0.05) is 19.3 Å². The van der Waals surface area contributed by atoms with E-state index in [9.17, 15) is 14.4 Å². The average molecular weight is 1010 g/mol. The monoisotopic (exact) mass is 1010 g/mol. The Morgan fingerprint density at radius 1 is 0.288 bits per heavy atom. The second kappa shape index (κ2) is 60.1. The Bertz CT molecular complexity index is 1580. The number of carbonyl (C=O) groups excluding carboxylic acids is 3. The molecule has 0 aromatic heterocycles. The van der Waals surface area contributed by atoms with E-state index in [0.717, 1.165) is 109 Å². The van der Waals surface area contributed by atoms with Crippen molar-refractivity contribution in [2.24, 2.45) is 0 Å². The second-order valence-electron chi connectivity index (χ2n) is 19.1. The molecule has 73 heavy (non-hydrogen) atoms. The van der Waals surface area contributed by atoms with Crippen LogP contribution in [0.25, 0.3) is 0 Å². The molecule has 0 fully saturated rings. The average Bonchev–Trinajstić information content (AvgIpc) is 3.39. The SMILES string of the molecule is CC/C=C/C/C=C/C/C=C/C/C=C/C/C=C/C/C=C/CCC(=O)OC[C@@H](COC(=O)CCCCCCCCCCCCCCCCCCC)OC(=O)CCCCC/C=C/C/C=C/C/C=C/C/C=C/C/C=C/CC. The summed E-state index contributed by atoms with van der Waals surface area (Å²) in [4.78, 5) is 38.2. The lowest BCUT2D eigenvalue weighted by atomic mass is 10.0. The van der Waals surface area contributed by atoms with E-state index in [1.807, 2.05) is 6.08 Å². The van der Waals surface area contributed by atoms with Gasteiger partial charge in [-0.1, -0.05) is 264 Å². The van der Waals surface area contributed by atoms with Crippen molar-refractivity contribution >= 4 is 17.9 Å². The number of unbranched alkanes of at least 4 members (excludes halogenated alkanes) is 19. The molecule has 0 bridgehead atoms. The van der Waals surface area contributed by atoms with E-state index in [0.29, 0.717) is 19.3 Å². The van der Waals surface area contributed by atoms with Gasteiger partial charge in [-0.25, -0.2) is 0 Å². The van der Waals surface area contributed by atoms with Crippen molar-refractivity contribution in [1.29, 1.82) is 0 Å². The van der Waals surface area contributed by atoms with Crippen molar-refractivity contribution in [3.8, 4) is 0 Å². The van der Waals surface area contributed by atoms with E-state index in [1.54, 1.807) is 0 Å². The van der Waals surface area contributed by atoms with Gasteiger partial charge >= 0.3 is 17.9 Å². The topological polar surface area (TPSA) is 78.9 Å². The summed E-state index contributed by atoms with van der Waals surface area (Å²) in [6, 6.07) is 0. The van der Waals surface area contributed by atoms with Crippen LogP contribution in [-0.4, -0.2) is 37.2 Å². The van der Waals surface area contributed by atoms with Crippen LogP contribution >= 0.6 is 0 Å². The van der Waals surface area contributed by atoms with E-state index in [4.69, 9.17) is 14.2 Å². The lowest BCUT2D eigenvalue weighted by molar-refractivity contribution is -0.166. The van der Waals surface area contributed by atoms with Crippen LogP contribution < -0.4 is 0 Å². The lowest BCUT2D eigenvalue weighted by Gasteiger charge is -2.18. The predicted molar refractivity (Wildman–Crippen MR) is 316 cm³/mol. The van der Waals surface area contributed by atoms with Gasteiger partial charge in [-0.3, -0.25) is 14.4 Å². The molecule has 6 heteroatoms. The number of carbonyl (C=O) groups is 3. The van der Waals surface area contributed by atoms with Crippen LogP contribution in [0.15, 0.2) is 134 Å². The van der Waals surface area contributed by atoms with Crippen LogP contribution in [0.2, 0.25) is 0 Å². The summed E-state index contributed by atoms with van der Waals surface area (Å²) in [5, 5.41) is 0. The summed E-state index contributed by atoms with van der Waals surface area (Å²) < 4.78 is 16.8. The van der Waals surface area contributed by atoms with Gasteiger partial charge in [-0.05, 0) is 103 Å². The number of hydrogen-bond acceptors (Lipinski definition) is 6. The maximum atomic E-state index is 12.9. The molecule has 1 atom stereocenters. The third-order valence-electron chi connectivity index (χ3n) is 12.2. The van der Waals surface area contributed by atoms with E-state index >= 15 is 0 Å². The molecule has 0 aliphatic heterocycles. The maximum Gasteiger partial charge on any atom is 0.306 e. The zero-order valence-corrected chi connectivity index (χ0v) is 47.1. The van der Waals surface area contributed by atoms with Gasteiger partial charge in [0.1, 0.15) is 13.2 Å². The van der Waals surface area contributed by atoms with Gasteiger partial charge in [0.2, 0.25) is 0 Å². The first-order valence-corrected chi connectivity index (χ1v) is 29.7. The summed E-state index contributed by atoms with van der Waals surface area (Å²) in [7, 11) is 0. The summed E-state index contributed by atoms with van der Waals surface area (Å²) >= 11 is 0. The van der Waals surface area contributed by atoms with Crippen LogP contribution in [0.5, 0.6) is 0 Å². The molecule has 0 aliphatic rings. The standard InChI is InChI=1S/C67H108O6/c1-4-7-10-13-16-19-22-25-28-31-33-36-39-42-45-48-51-54-57-60-66(69)72-63-64(62-71-65(68)59-56-53-50-47-44-41-38-35-30-27-24-21-18-15-12-9-6-3)73-67(70)61-58-55-52-49-46-43-40-37-34-32-29-26-23-20-17-14-11-8-5-2/h7-8,10-11,16-17,19-20,25-26,28-29,33-34,36-37,42-43,45-46,51,54,64H,4-6,9,12-15,18,21-24,27,30-32,35,38-41,44,47-50,52-53,55-63H2,1-3H3/b10-7+,11-8+,19-16+,20-17+,28-25+,29-26+,36-33+,37-34+,45-42+,46-43+,54-51+/t64-/m1/s1. The van der Waals surface area contributed by atoms with Gasteiger partial charge in [0.15, 0.2) is 6.10 Å². The lowest BCUT2D eigenvalue weighted by Crippen LogP contribution is -2.30. The van der Waals surface area contributed by atoms with E-state index in [-0.39, 0.29) is 44.0 Å². The highest BCUT2D eigenvalue weighted by Gasteiger charge is 2.19. The van der Waals surface area contributed by atoms with Crippen molar-refractivity contribution in [2.75, 3.05) is 13.2 Å². The highest BCUT2D eigenvalue weighted by molar-refractivity contribution is 5.71. The number of allylic oxidation sites excluding steroid dienone is 22. The van der Waals surface area contributed by atoms with Crippen molar-refractivity contribution in [2.45, 2.75) is 258 Å². The molecule has 0 spiro atoms. The summed E-state index contributed by atoms with van der Waals surface area (Å²) in [5.74, 6) is -1.04. The molecule has 0 aromatic carbocycles. The Morgan fingerprint density at radius 2 is 0.562 bits per heavy atom. The van der Waals surface area contributed by atoms with E-state index in [2.05, 4.69) is 148 Å². The third-order valence-corrected chi connectivity index (χ3v) is 12.2. The maximum absolute atomic E-state index is 12.9. The molecule has 0 saturated carbocycles. The highest BCUT2D eigenvalue weighted by atomic mass is 16.6. The fraction of sp³-hybridized carbons (Fsp3) is 0.627. The Morgan fingerprint density at radius 3 is 0.918 bits per heavy atom. The smallest absolute Gasteiger partial charge is 0.306 e. The van der Waals surface area contributed by atoms with Crippen molar-refractivity contribution in [3.63, 3.8) is 0 Å². The second-order valence-corrected chi connectivity index (χ2v) is 19.1. The first kappa shape index (κ1) is 68.6. The third kappa shape index (κ3) is 58.3. The summed E-state index contributed by atoms with van der Waals surface area (Å²) in [5.41, 5.74) is 0. The minimum absolute atomic E-state index is 0.117. The van der Waals surface area contributed by atoms with Crippen LogP contribution in [-0.2, 0) is 28.6 Å². The highest BCUT2D eigenvalue weighted by Crippen LogP contribution is 2.15. The van der Waals surface area contributed by atoms with Crippen LogP contribution in [0.4, 0.5) is 0 Å². The molecule has 412 valence electrons. The summed E-state index contributed by atoms with van der Waals surface area (Å²) in [6.45, 7) is 6.33. The Kier molecular flexibility index (Phi) is 56.4. The Balaban J connectivity index is 4.57. The predicted octanol–water partition coefficient (Wildman–Crippen LogP) is 20.2. The molecule has 0 heterocycles. The van der Waals surface area contributed by atoms with Crippen LogP contribution in [0.3, 0.4) is 0 Å². The molecular formula is C67H108O6. The molecule has 0 N–H and O–H groups in total. The molecular weight excluding hydrogens is 901 g/mol. The normalized spacial score (nSPS) is 13.1. The molecule has 0 rings (SSSR count). The molecule has 0 saturated heterocycles. The van der Waals surface area contributed by atoms with E-state index < -0.39 is 6.10 Å². The fourth-order valence-corrected chi connectivity index (χ4v) is 7.79. The molecule has 0 radical (unpaired) electrons. The molecule has 0 aromatic rings. The number of ether oxygens (including phenoxy) is 3. The van der Waals surface area contributed by atoms with Crippen molar-refractivity contribution in [1.82, 2.24) is 0 Å². The van der Waals surface area contributed by atoms with Crippen molar-refractivity contribution in [3.05, 3.63) is 134 Å². The minimum Gasteiger partial charge on any atom is -0.462 e. The van der Waals surface area contributed by atoms with Crippen LogP contribution in [0, 0.1) is 0 Å². The molecule has 0 amide bonds. The molecule has 0 unspecified atom stereocenters. The first-order chi connectivity index (χ1) is 36.0. The van der Waals surface area contributed by atoms with Gasteiger partial charge in [0.25, 0.3) is 0 Å². The van der Waals surface area contributed by atoms with Gasteiger partial charge in [-0.15, -0.1) is 0 Å². The fourth-order valence-electron chi connectivity index (χ4n) is 7.79. The summed E-state index contributed by atoms with van der Waals surface area (Å²) in [6.07, 6.45) is 84.5. The largest absolute Gasteiger partial charge is 0.462 e. The van der Waals surface area contributed by atoms with E-state index in [1.165, 1.54) is 89.9 Å². The quantitative estimate of drug-likeness (QED) is 0.0261.